The van der Waals surface area contributed by atoms with Crippen molar-refractivity contribution >= 4 is 0 Å². The summed E-state index contributed by atoms with van der Waals surface area (Å²) in [6.07, 6.45) is 5.64. The third kappa shape index (κ3) is 3.35. The Hall–Kier alpha value is -2.54. The lowest BCUT2D eigenvalue weighted by atomic mass is 10.1. The molecule has 0 amide bonds. The van der Waals surface area contributed by atoms with Crippen molar-refractivity contribution in [1.82, 2.24) is 30.2 Å². The highest BCUT2D eigenvalue weighted by molar-refractivity contribution is 5.37. The number of nitrogens with zero attached hydrogens (tertiary/aromatic N) is 5. The van der Waals surface area contributed by atoms with E-state index in [4.69, 9.17) is 4.52 Å². The summed E-state index contributed by atoms with van der Waals surface area (Å²) in [5.41, 5.74) is 1.26. The summed E-state index contributed by atoms with van der Waals surface area (Å²) in [5.74, 6) is 1.57. The van der Waals surface area contributed by atoms with Gasteiger partial charge >= 0.3 is 0 Å². The molecule has 1 saturated heterocycles. The Labute approximate surface area is 140 Å². The van der Waals surface area contributed by atoms with E-state index in [1.165, 1.54) is 5.56 Å². The van der Waals surface area contributed by atoms with Crippen LogP contribution in [0.1, 0.15) is 30.3 Å². The van der Waals surface area contributed by atoms with Crippen molar-refractivity contribution < 1.29 is 4.52 Å². The number of aryl methyl sites for hydroxylation is 2. The van der Waals surface area contributed by atoms with Gasteiger partial charge in [0, 0.05) is 13.0 Å². The summed E-state index contributed by atoms with van der Waals surface area (Å²) in [4.78, 5) is 8.74. The van der Waals surface area contributed by atoms with Crippen LogP contribution >= 0.6 is 0 Å². The van der Waals surface area contributed by atoms with Crippen LogP contribution in [0.2, 0.25) is 0 Å². The second-order valence-electron chi connectivity index (χ2n) is 6.05. The summed E-state index contributed by atoms with van der Waals surface area (Å²) in [6, 6.07) is 10.6. The van der Waals surface area contributed by atoms with Crippen LogP contribution in [0, 0.1) is 0 Å². The van der Waals surface area contributed by atoms with Crippen LogP contribution in [0.4, 0.5) is 0 Å². The molecule has 1 fully saturated rings. The molecule has 1 aromatic carbocycles. The first kappa shape index (κ1) is 15.0. The fourth-order valence-electron chi connectivity index (χ4n) is 2.96. The van der Waals surface area contributed by atoms with Crippen molar-refractivity contribution in [3.8, 4) is 11.7 Å². The highest BCUT2D eigenvalue weighted by Gasteiger charge is 2.19. The van der Waals surface area contributed by atoms with Gasteiger partial charge in [-0.2, -0.15) is 4.98 Å². The number of piperidine rings is 1. The van der Waals surface area contributed by atoms with Crippen molar-refractivity contribution in [2.75, 3.05) is 13.1 Å². The molecule has 1 atom stereocenters. The quantitative estimate of drug-likeness (QED) is 0.773. The van der Waals surface area contributed by atoms with Crippen LogP contribution in [-0.2, 0) is 12.8 Å². The van der Waals surface area contributed by atoms with E-state index in [9.17, 15) is 0 Å². The van der Waals surface area contributed by atoms with E-state index in [1.54, 1.807) is 6.33 Å². The highest BCUT2D eigenvalue weighted by Crippen LogP contribution is 2.18. The largest absolute Gasteiger partial charge is 0.330 e. The zero-order valence-corrected chi connectivity index (χ0v) is 13.4. The Morgan fingerprint density at radius 3 is 2.96 bits per heavy atom. The molecule has 0 bridgehead atoms. The molecule has 7 heteroatoms. The second-order valence-corrected chi connectivity index (χ2v) is 6.05. The molecule has 1 unspecified atom stereocenters. The second kappa shape index (κ2) is 6.92. The molecule has 3 aromatic rings. The van der Waals surface area contributed by atoms with E-state index in [2.05, 4.69) is 37.7 Å². The average Bonchev–Trinajstić information content (AvgIpc) is 3.31. The third-order valence-electron chi connectivity index (χ3n) is 4.29. The molecule has 3 heterocycles. The molecule has 0 radical (unpaired) electrons. The fourth-order valence-corrected chi connectivity index (χ4v) is 2.96. The summed E-state index contributed by atoms with van der Waals surface area (Å²) in [7, 11) is 0. The van der Waals surface area contributed by atoms with Gasteiger partial charge in [0.25, 0.3) is 5.89 Å². The first-order valence-electron chi connectivity index (χ1n) is 8.37. The van der Waals surface area contributed by atoms with E-state index in [-0.39, 0.29) is 0 Å². The van der Waals surface area contributed by atoms with E-state index in [0.29, 0.717) is 23.6 Å². The molecular weight excluding hydrogens is 304 g/mol. The number of benzene rings is 1. The Kier molecular flexibility index (Phi) is 4.33. The number of nitrogens with one attached hydrogen (secondary N) is 1. The first-order chi connectivity index (χ1) is 11.9. The monoisotopic (exact) mass is 324 g/mol. The molecule has 0 aliphatic carbocycles. The number of rotatable bonds is 5. The fraction of sp³-hybridized carbons (Fsp3) is 0.412. The SMILES string of the molecule is c1ccc(CCc2noc(-c3ncn(C4CCCNC4)n3)n2)cc1. The summed E-state index contributed by atoms with van der Waals surface area (Å²) >= 11 is 0. The maximum absolute atomic E-state index is 5.32. The summed E-state index contributed by atoms with van der Waals surface area (Å²) < 4.78 is 7.22. The van der Waals surface area contributed by atoms with Gasteiger partial charge in [0.1, 0.15) is 6.33 Å². The zero-order chi connectivity index (χ0) is 16.2. The molecule has 0 saturated carbocycles. The van der Waals surface area contributed by atoms with Crippen LogP contribution in [0.15, 0.2) is 41.2 Å². The minimum atomic E-state index is 0.348. The topological polar surface area (TPSA) is 81.7 Å². The first-order valence-corrected chi connectivity index (χ1v) is 8.37. The van der Waals surface area contributed by atoms with Crippen molar-refractivity contribution in [2.24, 2.45) is 0 Å². The number of aromatic nitrogens is 5. The van der Waals surface area contributed by atoms with Crippen molar-refractivity contribution in [1.29, 1.82) is 0 Å². The van der Waals surface area contributed by atoms with Crippen molar-refractivity contribution in [2.45, 2.75) is 31.7 Å². The van der Waals surface area contributed by atoms with Crippen LogP contribution in [-0.4, -0.2) is 38.0 Å². The molecule has 1 aliphatic rings. The molecular formula is C17H20N6O. The highest BCUT2D eigenvalue weighted by atomic mass is 16.5. The van der Waals surface area contributed by atoms with Gasteiger partial charge in [-0.1, -0.05) is 35.5 Å². The molecule has 4 rings (SSSR count). The molecule has 124 valence electrons. The Morgan fingerprint density at radius 1 is 1.21 bits per heavy atom. The van der Waals surface area contributed by atoms with Crippen LogP contribution in [0.3, 0.4) is 0 Å². The van der Waals surface area contributed by atoms with Gasteiger partial charge in [0.2, 0.25) is 5.82 Å². The molecule has 24 heavy (non-hydrogen) atoms. The summed E-state index contributed by atoms with van der Waals surface area (Å²) in [5, 5.41) is 11.9. The lowest BCUT2D eigenvalue weighted by molar-refractivity contribution is 0.345. The molecule has 2 aromatic heterocycles. The van der Waals surface area contributed by atoms with Gasteiger partial charge in [0.15, 0.2) is 5.82 Å². The molecule has 0 spiro atoms. The predicted octanol–water partition coefficient (Wildman–Crippen LogP) is 2.04. The third-order valence-corrected chi connectivity index (χ3v) is 4.29. The predicted molar refractivity (Wildman–Crippen MR) is 88.3 cm³/mol. The minimum absolute atomic E-state index is 0.348. The standard InChI is InChI=1S/C17H20N6O/c1-2-5-13(6-3-1)8-9-15-20-17(24-22-15)16-19-12-23(21-16)14-7-4-10-18-11-14/h1-3,5-6,12,14,18H,4,7-11H2. The van der Waals surface area contributed by atoms with Crippen LogP contribution in [0.25, 0.3) is 11.7 Å². The minimum Gasteiger partial charge on any atom is -0.330 e. The Bertz CT molecular complexity index is 775. The summed E-state index contributed by atoms with van der Waals surface area (Å²) in [6.45, 7) is 2.00. The van der Waals surface area contributed by atoms with Gasteiger partial charge in [-0.25, -0.2) is 9.67 Å². The lowest BCUT2D eigenvalue weighted by Gasteiger charge is -2.22. The lowest BCUT2D eigenvalue weighted by Crippen LogP contribution is -2.31. The average molecular weight is 324 g/mol. The van der Waals surface area contributed by atoms with E-state index >= 15 is 0 Å². The van der Waals surface area contributed by atoms with Gasteiger partial charge in [0.05, 0.1) is 6.04 Å². The van der Waals surface area contributed by atoms with E-state index < -0.39 is 0 Å². The maximum atomic E-state index is 5.32. The zero-order valence-electron chi connectivity index (χ0n) is 13.4. The molecule has 7 nitrogen and oxygen atoms in total. The number of hydrogen-bond donors (Lipinski definition) is 1. The maximum Gasteiger partial charge on any atom is 0.297 e. The van der Waals surface area contributed by atoms with Gasteiger partial charge < -0.3 is 9.84 Å². The van der Waals surface area contributed by atoms with Crippen molar-refractivity contribution in [3.05, 3.63) is 48.0 Å². The Balaban J connectivity index is 1.42. The van der Waals surface area contributed by atoms with E-state index in [1.807, 2.05) is 22.9 Å². The van der Waals surface area contributed by atoms with Crippen molar-refractivity contribution in [3.63, 3.8) is 0 Å². The van der Waals surface area contributed by atoms with Gasteiger partial charge in [-0.15, -0.1) is 5.10 Å². The van der Waals surface area contributed by atoms with Gasteiger partial charge in [-0.3, -0.25) is 0 Å². The smallest absolute Gasteiger partial charge is 0.297 e. The van der Waals surface area contributed by atoms with Crippen LogP contribution in [0.5, 0.6) is 0 Å². The normalized spacial score (nSPS) is 17.9. The molecule has 1 aliphatic heterocycles. The Morgan fingerprint density at radius 2 is 2.12 bits per heavy atom. The van der Waals surface area contributed by atoms with E-state index in [0.717, 1.165) is 38.8 Å². The van der Waals surface area contributed by atoms with Gasteiger partial charge in [-0.05, 0) is 31.4 Å². The molecule has 1 N–H and O–H groups in total. The number of hydrogen-bond acceptors (Lipinski definition) is 6. The van der Waals surface area contributed by atoms with Crippen LogP contribution < -0.4 is 5.32 Å².